The normalized spacial score (nSPS) is 28.4. The summed E-state index contributed by atoms with van der Waals surface area (Å²) in [6, 6.07) is 6.53. The number of rotatable bonds is 6. The zero-order valence-corrected chi connectivity index (χ0v) is 15.1. The van der Waals surface area contributed by atoms with Gasteiger partial charge in [-0.05, 0) is 43.2 Å². The second kappa shape index (κ2) is 6.79. The molecule has 0 radical (unpaired) electrons. The summed E-state index contributed by atoms with van der Waals surface area (Å²) < 4.78 is 10.1. The molecular formula is C20H21NO6. The number of nitrogens with zero attached hydrogens (tertiary/aromatic N) is 1. The van der Waals surface area contributed by atoms with Crippen molar-refractivity contribution in [3.63, 3.8) is 0 Å². The van der Waals surface area contributed by atoms with Gasteiger partial charge < -0.3 is 9.47 Å². The van der Waals surface area contributed by atoms with Crippen molar-refractivity contribution in [3.8, 4) is 5.75 Å². The van der Waals surface area contributed by atoms with Gasteiger partial charge in [0.2, 0.25) is 11.8 Å². The van der Waals surface area contributed by atoms with E-state index in [1.165, 1.54) is 7.11 Å². The number of amides is 2. The molecule has 1 aromatic carbocycles. The molecule has 2 saturated carbocycles. The number of fused-ring (bicyclic) bond motifs is 5. The van der Waals surface area contributed by atoms with Crippen LogP contribution in [0.15, 0.2) is 24.3 Å². The molecule has 142 valence electrons. The van der Waals surface area contributed by atoms with Gasteiger partial charge in [-0.25, -0.2) is 0 Å². The van der Waals surface area contributed by atoms with Crippen LogP contribution in [-0.2, 0) is 19.1 Å². The van der Waals surface area contributed by atoms with Crippen LogP contribution in [0.5, 0.6) is 5.75 Å². The van der Waals surface area contributed by atoms with Crippen molar-refractivity contribution in [1.82, 2.24) is 4.90 Å². The van der Waals surface area contributed by atoms with Gasteiger partial charge in [0.15, 0.2) is 12.4 Å². The lowest BCUT2D eigenvalue weighted by molar-refractivity contribution is -0.152. The van der Waals surface area contributed by atoms with Gasteiger partial charge in [-0.2, -0.15) is 0 Å². The van der Waals surface area contributed by atoms with Crippen molar-refractivity contribution >= 4 is 23.6 Å². The lowest BCUT2D eigenvalue weighted by Crippen LogP contribution is -2.38. The molecule has 3 fully saturated rings. The predicted molar refractivity (Wildman–Crippen MR) is 92.8 cm³/mol. The van der Waals surface area contributed by atoms with Crippen LogP contribution >= 0.6 is 0 Å². The summed E-state index contributed by atoms with van der Waals surface area (Å²) in [6.45, 7) is -0.865. The van der Waals surface area contributed by atoms with Gasteiger partial charge in [0, 0.05) is 5.56 Å². The van der Waals surface area contributed by atoms with E-state index in [0.29, 0.717) is 11.3 Å². The van der Waals surface area contributed by atoms with Crippen molar-refractivity contribution in [2.24, 2.45) is 23.7 Å². The molecule has 1 aromatic rings. The Kier molecular flexibility index (Phi) is 4.45. The van der Waals surface area contributed by atoms with Crippen molar-refractivity contribution in [1.29, 1.82) is 0 Å². The van der Waals surface area contributed by atoms with Gasteiger partial charge in [0.25, 0.3) is 0 Å². The number of hydrogen-bond donors (Lipinski definition) is 0. The second-order valence-corrected chi connectivity index (χ2v) is 7.46. The molecule has 0 unspecified atom stereocenters. The highest BCUT2D eigenvalue weighted by Gasteiger charge is 2.61. The van der Waals surface area contributed by atoms with Crippen LogP contribution in [0, 0.1) is 23.7 Å². The highest BCUT2D eigenvalue weighted by atomic mass is 16.5. The molecule has 1 aliphatic heterocycles. The molecule has 2 bridgehead atoms. The number of imide groups is 1. The second-order valence-electron chi connectivity index (χ2n) is 7.46. The Morgan fingerprint density at radius 2 is 1.78 bits per heavy atom. The number of Topliss-reactive ketones (excluding diaryl/α,β-unsaturated/α-hetero) is 1. The van der Waals surface area contributed by atoms with Gasteiger partial charge >= 0.3 is 5.97 Å². The zero-order chi connectivity index (χ0) is 19.1. The van der Waals surface area contributed by atoms with Crippen LogP contribution in [0.2, 0.25) is 0 Å². The average Bonchev–Trinajstić information content (AvgIpc) is 3.36. The minimum Gasteiger partial charge on any atom is -0.497 e. The third kappa shape index (κ3) is 3.01. The Labute approximate surface area is 156 Å². The molecule has 27 heavy (non-hydrogen) atoms. The molecule has 2 aliphatic carbocycles. The molecule has 0 spiro atoms. The van der Waals surface area contributed by atoms with Crippen LogP contribution in [0.1, 0.15) is 29.6 Å². The van der Waals surface area contributed by atoms with Crippen molar-refractivity contribution < 1.29 is 28.7 Å². The van der Waals surface area contributed by atoms with Crippen molar-refractivity contribution in [2.75, 3.05) is 20.3 Å². The third-order valence-electron chi connectivity index (χ3n) is 6.06. The zero-order valence-electron chi connectivity index (χ0n) is 15.1. The molecule has 4 atom stereocenters. The molecule has 3 aliphatic rings. The number of hydrogen-bond acceptors (Lipinski definition) is 6. The standard InChI is InChI=1S/C20H21NO6/c1-26-14-4-2-3-11(8-14)15(22)10-27-16(23)9-21-19(24)17-12-5-6-13(7-12)18(17)20(21)25/h2-4,8,12-13,17-18H,5-7,9-10H2,1H3/t12-,13+,17-,18+. The van der Waals surface area contributed by atoms with Crippen molar-refractivity contribution in [3.05, 3.63) is 29.8 Å². The van der Waals surface area contributed by atoms with Crippen LogP contribution < -0.4 is 4.74 Å². The largest absolute Gasteiger partial charge is 0.497 e. The topological polar surface area (TPSA) is 90.0 Å². The van der Waals surface area contributed by atoms with E-state index in [0.717, 1.165) is 24.2 Å². The molecule has 4 rings (SSSR count). The number of methoxy groups -OCH3 is 1. The minimum absolute atomic E-state index is 0.256. The number of carbonyl (C=O) groups is 4. The fourth-order valence-electron chi connectivity index (χ4n) is 4.83. The summed E-state index contributed by atoms with van der Waals surface area (Å²) in [5.41, 5.74) is 0.363. The summed E-state index contributed by atoms with van der Waals surface area (Å²) in [5, 5.41) is 0. The number of carbonyl (C=O) groups excluding carboxylic acids is 4. The Balaban J connectivity index is 1.34. The van der Waals surface area contributed by atoms with Crippen LogP contribution in [0.3, 0.4) is 0 Å². The van der Waals surface area contributed by atoms with Gasteiger partial charge in [0.05, 0.1) is 18.9 Å². The molecule has 1 saturated heterocycles. The highest BCUT2D eigenvalue weighted by molar-refractivity contribution is 6.08. The van der Waals surface area contributed by atoms with E-state index in [2.05, 4.69) is 0 Å². The number of likely N-dealkylation sites (tertiary alicyclic amines) is 1. The smallest absolute Gasteiger partial charge is 0.326 e. The van der Waals surface area contributed by atoms with Crippen LogP contribution in [-0.4, -0.2) is 48.7 Å². The molecule has 7 nitrogen and oxygen atoms in total. The number of benzene rings is 1. The monoisotopic (exact) mass is 371 g/mol. The summed E-state index contributed by atoms with van der Waals surface area (Å²) in [5.74, 6) is -1.09. The molecule has 0 N–H and O–H groups in total. The van der Waals surface area contributed by atoms with Gasteiger partial charge in [0.1, 0.15) is 12.3 Å². The first-order valence-corrected chi connectivity index (χ1v) is 9.17. The minimum atomic E-state index is -0.750. The van der Waals surface area contributed by atoms with Gasteiger partial charge in [-0.1, -0.05) is 12.1 Å². The first-order valence-electron chi connectivity index (χ1n) is 9.17. The quantitative estimate of drug-likeness (QED) is 0.427. The first kappa shape index (κ1) is 17.7. The van der Waals surface area contributed by atoms with E-state index in [4.69, 9.17) is 9.47 Å². The van der Waals surface area contributed by atoms with Gasteiger partial charge in [-0.15, -0.1) is 0 Å². The van der Waals surface area contributed by atoms with Gasteiger partial charge in [-0.3, -0.25) is 24.1 Å². The fraction of sp³-hybridized carbons (Fsp3) is 0.500. The maximum atomic E-state index is 12.6. The van der Waals surface area contributed by atoms with E-state index >= 15 is 0 Å². The summed E-state index contributed by atoms with van der Waals surface area (Å²) in [4.78, 5) is 50.4. The van der Waals surface area contributed by atoms with E-state index in [9.17, 15) is 19.2 Å². The van der Waals surface area contributed by atoms with Crippen LogP contribution in [0.4, 0.5) is 0 Å². The third-order valence-corrected chi connectivity index (χ3v) is 6.06. The highest BCUT2D eigenvalue weighted by Crippen LogP contribution is 2.56. The molecule has 2 amide bonds. The fourth-order valence-corrected chi connectivity index (χ4v) is 4.83. The van der Waals surface area contributed by atoms with E-state index in [-0.39, 0.29) is 41.3 Å². The average molecular weight is 371 g/mol. The lowest BCUT2D eigenvalue weighted by atomic mass is 9.81. The number of ketones is 1. The summed E-state index contributed by atoms with van der Waals surface area (Å²) in [7, 11) is 1.50. The number of esters is 1. The van der Waals surface area contributed by atoms with E-state index < -0.39 is 19.1 Å². The Morgan fingerprint density at radius 1 is 1.11 bits per heavy atom. The molecule has 7 heteroatoms. The maximum Gasteiger partial charge on any atom is 0.326 e. The SMILES string of the molecule is COc1cccc(C(=O)COC(=O)CN2C(=O)[C@@H]3[C@@H]4CC[C@@H](C4)[C@@H]3C2=O)c1. The molecular weight excluding hydrogens is 350 g/mol. The molecule has 0 aromatic heterocycles. The Hall–Kier alpha value is -2.70. The van der Waals surface area contributed by atoms with Crippen molar-refractivity contribution in [2.45, 2.75) is 19.3 Å². The summed E-state index contributed by atoms with van der Waals surface area (Å²) >= 11 is 0. The molecule has 1 heterocycles. The predicted octanol–water partition coefficient (Wildman–Crippen LogP) is 1.45. The van der Waals surface area contributed by atoms with E-state index in [1.54, 1.807) is 24.3 Å². The Bertz CT molecular complexity index is 790. The van der Waals surface area contributed by atoms with Crippen LogP contribution in [0.25, 0.3) is 0 Å². The summed E-state index contributed by atoms with van der Waals surface area (Å²) in [6.07, 6.45) is 2.91. The number of ether oxygens (including phenoxy) is 2. The van der Waals surface area contributed by atoms with E-state index in [1.807, 2.05) is 0 Å². The maximum absolute atomic E-state index is 12.6. The Morgan fingerprint density at radius 3 is 2.41 bits per heavy atom. The first-order chi connectivity index (χ1) is 13.0. The lowest BCUT2D eigenvalue weighted by Gasteiger charge is -2.19.